The van der Waals surface area contributed by atoms with E-state index < -0.39 is 5.97 Å². The van der Waals surface area contributed by atoms with Crippen LogP contribution in [-0.4, -0.2) is 26.5 Å². The Hall–Kier alpha value is -3.15. The van der Waals surface area contributed by atoms with Gasteiger partial charge in [-0.15, -0.1) is 5.10 Å². The van der Waals surface area contributed by atoms with Crippen LogP contribution in [-0.2, 0) is 6.42 Å². The second-order valence-electron chi connectivity index (χ2n) is 5.31. The summed E-state index contributed by atoms with van der Waals surface area (Å²) in [6.45, 7) is 0. The molecular weight excluding hydrogens is 280 g/mol. The molecule has 0 spiro atoms. The summed E-state index contributed by atoms with van der Waals surface area (Å²) < 4.78 is 0. The smallest absolute Gasteiger partial charge is 0.356 e. The Bertz CT molecular complexity index is 914. The van der Waals surface area contributed by atoms with Crippen molar-refractivity contribution < 1.29 is 9.90 Å². The predicted octanol–water partition coefficient (Wildman–Crippen LogP) is 2.32. The second-order valence-corrected chi connectivity index (χ2v) is 5.31. The number of carbonyl (C=O) groups is 1. The number of carboxylic acids is 1. The van der Waals surface area contributed by atoms with Crippen molar-refractivity contribution >= 4 is 11.7 Å². The van der Waals surface area contributed by atoms with E-state index in [1.165, 1.54) is 11.1 Å². The first-order chi connectivity index (χ1) is 10.6. The van der Waals surface area contributed by atoms with Crippen molar-refractivity contribution in [2.75, 3.05) is 5.73 Å². The van der Waals surface area contributed by atoms with Crippen LogP contribution < -0.4 is 5.73 Å². The fourth-order valence-electron chi connectivity index (χ4n) is 2.96. The highest BCUT2D eigenvalue weighted by Gasteiger charge is 2.21. The first-order valence-corrected chi connectivity index (χ1v) is 6.80. The Morgan fingerprint density at radius 3 is 2.64 bits per heavy atom. The van der Waals surface area contributed by atoms with Crippen molar-refractivity contribution in [1.29, 1.82) is 0 Å². The highest BCUT2D eigenvalue weighted by molar-refractivity contribution is 5.93. The van der Waals surface area contributed by atoms with Gasteiger partial charge in [-0.2, -0.15) is 0 Å². The van der Waals surface area contributed by atoms with Gasteiger partial charge in [-0.1, -0.05) is 23.4 Å². The lowest BCUT2D eigenvalue weighted by molar-refractivity contribution is 0.0691. The van der Waals surface area contributed by atoms with Gasteiger partial charge in [0.05, 0.1) is 0 Å². The molecule has 0 bridgehead atoms. The van der Waals surface area contributed by atoms with Gasteiger partial charge in [0, 0.05) is 11.3 Å². The van der Waals surface area contributed by atoms with Crippen LogP contribution in [0.5, 0.6) is 0 Å². The third-order valence-corrected chi connectivity index (χ3v) is 3.94. The van der Waals surface area contributed by atoms with E-state index in [0.29, 0.717) is 5.69 Å². The zero-order valence-corrected chi connectivity index (χ0v) is 11.5. The molecule has 0 fully saturated rings. The van der Waals surface area contributed by atoms with Crippen LogP contribution in [0, 0.1) is 0 Å². The molecule has 6 heteroatoms. The largest absolute Gasteiger partial charge is 0.476 e. The Labute approximate surface area is 125 Å². The molecule has 0 aliphatic heterocycles. The molecule has 1 aliphatic carbocycles. The molecule has 0 saturated carbocycles. The molecule has 4 rings (SSSR count). The SMILES string of the molecule is Nc1ccc2c(c1)Cc1cc(-c3nn[nH]c3C(=O)O)ccc1-2. The van der Waals surface area contributed by atoms with E-state index in [1.54, 1.807) is 0 Å². The van der Waals surface area contributed by atoms with E-state index in [1.807, 2.05) is 36.4 Å². The van der Waals surface area contributed by atoms with Crippen molar-refractivity contribution in [3.63, 3.8) is 0 Å². The lowest BCUT2D eigenvalue weighted by Gasteiger charge is -2.04. The van der Waals surface area contributed by atoms with Gasteiger partial charge in [0.15, 0.2) is 5.69 Å². The molecule has 0 amide bonds. The summed E-state index contributed by atoms with van der Waals surface area (Å²) in [7, 11) is 0. The summed E-state index contributed by atoms with van der Waals surface area (Å²) in [6, 6.07) is 11.7. The van der Waals surface area contributed by atoms with Crippen molar-refractivity contribution in [2.45, 2.75) is 6.42 Å². The van der Waals surface area contributed by atoms with Crippen LogP contribution in [0.15, 0.2) is 36.4 Å². The van der Waals surface area contributed by atoms with Crippen molar-refractivity contribution in [3.8, 4) is 22.4 Å². The number of fused-ring (bicyclic) bond motifs is 3. The summed E-state index contributed by atoms with van der Waals surface area (Å²) in [5.74, 6) is -1.07. The maximum atomic E-state index is 11.2. The number of aromatic carboxylic acids is 1. The van der Waals surface area contributed by atoms with E-state index >= 15 is 0 Å². The number of aromatic nitrogens is 3. The summed E-state index contributed by atoms with van der Waals surface area (Å²) >= 11 is 0. The Morgan fingerprint density at radius 1 is 1.14 bits per heavy atom. The standard InChI is InChI=1S/C16H12N4O2/c17-11-2-4-13-10(7-11)6-9-5-8(1-3-12(9)13)14-15(16(21)22)19-20-18-14/h1-5,7H,6,17H2,(H,21,22)(H,18,19,20). The van der Waals surface area contributed by atoms with Crippen LogP contribution in [0.4, 0.5) is 5.69 Å². The van der Waals surface area contributed by atoms with Gasteiger partial charge < -0.3 is 10.8 Å². The van der Waals surface area contributed by atoms with E-state index in [0.717, 1.165) is 28.8 Å². The molecule has 2 aromatic carbocycles. The number of hydrogen-bond acceptors (Lipinski definition) is 4. The van der Waals surface area contributed by atoms with Gasteiger partial charge in [-0.25, -0.2) is 4.79 Å². The molecule has 6 nitrogen and oxygen atoms in total. The number of carboxylic acid groups (broad SMARTS) is 1. The molecule has 0 saturated heterocycles. The van der Waals surface area contributed by atoms with Gasteiger partial charge in [-0.05, 0) is 46.9 Å². The van der Waals surface area contributed by atoms with Crippen LogP contribution in [0.25, 0.3) is 22.4 Å². The van der Waals surface area contributed by atoms with Crippen LogP contribution >= 0.6 is 0 Å². The Kier molecular flexibility index (Phi) is 2.53. The first-order valence-electron chi connectivity index (χ1n) is 6.80. The number of nitrogens with two attached hydrogens (primary N) is 1. The zero-order valence-electron chi connectivity index (χ0n) is 11.5. The molecule has 0 radical (unpaired) electrons. The van der Waals surface area contributed by atoms with Gasteiger partial charge in [-0.3, -0.25) is 5.10 Å². The topological polar surface area (TPSA) is 105 Å². The molecule has 22 heavy (non-hydrogen) atoms. The van der Waals surface area contributed by atoms with Crippen molar-refractivity contribution in [3.05, 3.63) is 53.2 Å². The second kappa shape index (κ2) is 4.42. The van der Waals surface area contributed by atoms with E-state index in [-0.39, 0.29) is 5.69 Å². The number of benzene rings is 2. The lowest BCUT2D eigenvalue weighted by Crippen LogP contribution is -1.99. The number of nitrogens with one attached hydrogen (secondary N) is 1. The third kappa shape index (κ3) is 1.77. The van der Waals surface area contributed by atoms with Crippen LogP contribution in [0.2, 0.25) is 0 Å². The van der Waals surface area contributed by atoms with Gasteiger partial charge in [0.1, 0.15) is 5.69 Å². The maximum Gasteiger partial charge on any atom is 0.356 e. The van der Waals surface area contributed by atoms with Crippen LogP contribution in [0.1, 0.15) is 21.6 Å². The molecule has 1 aromatic heterocycles. The number of aromatic amines is 1. The average Bonchev–Trinajstić information content (AvgIpc) is 3.10. The zero-order chi connectivity index (χ0) is 15.3. The fraction of sp³-hybridized carbons (Fsp3) is 0.0625. The molecule has 3 aromatic rings. The monoisotopic (exact) mass is 292 g/mol. The number of rotatable bonds is 2. The summed E-state index contributed by atoms with van der Waals surface area (Å²) in [4.78, 5) is 11.2. The van der Waals surface area contributed by atoms with Gasteiger partial charge in [0.2, 0.25) is 0 Å². The minimum Gasteiger partial charge on any atom is -0.476 e. The maximum absolute atomic E-state index is 11.2. The number of hydrogen-bond donors (Lipinski definition) is 3. The lowest BCUT2D eigenvalue weighted by atomic mass is 10.0. The third-order valence-electron chi connectivity index (χ3n) is 3.94. The van der Waals surface area contributed by atoms with Crippen LogP contribution in [0.3, 0.4) is 0 Å². The van der Waals surface area contributed by atoms with Crippen molar-refractivity contribution in [2.24, 2.45) is 0 Å². The van der Waals surface area contributed by atoms with Gasteiger partial charge in [0.25, 0.3) is 0 Å². The average molecular weight is 292 g/mol. The fourth-order valence-corrected chi connectivity index (χ4v) is 2.96. The summed E-state index contributed by atoms with van der Waals surface area (Å²) in [6.07, 6.45) is 0.782. The number of nitrogens with zero attached hydrogens (tertiary/aromatic N) is 2. The first kappa shape index (κ1) is 12.6. The Balaban J connectivity index is 1.82. The molecule has 1 aliphatic rings. The molecule has 4 N–H and O–H groups in total. The van der Waals surface area contributed by atoms with E-state index in [4.69, 9.17) is 10.8 Å². The molecule has 108 valence electrons. The number of H-pyrrole nitrogens is 1. The van der Waals surface area contributed by atoms with Gasteiger partial charge >= 0.3 is 5.97 Å². The number of anilines is 1. The summed E-state index contributed by atoms with van der Waals surface area (Å²) in [5.41, 5.74) is 12.3. The highest BCUT2D eigenvalue weighted by atomic mass is 16.4. The predicted molar refractivity (Wildman–Crippen MR) is 81.4 cm³/mol. The minimum absolute atomic E-state index is 0.000273. The minimum atomic E-state index is -1.07. The molecule has 0 atom stereocenters. The highest BCUT2D eigenvalue weighted by Crippen LogP contribution is 2.39. The van der Waals surface area contributed by atoms with Crippen molar-refractivity contribution in [1.82, 2.24) is 15.4 Å². The molecule has 1 heterocycles. The number of nitrogen functional groups attached to an aromatic ring is 1. The normalized spacial score (nSPS) is 12.0. The molecular formula is C16H12N4O2. The quantitative estimate of drug-likeness (QED) is 0.492. The summed E-state index contributed by atoms with van der Waals surface area (Å²) in [5, 5.41) is 19.1. The molecule has 0 unspecified atom stereocenters. The Morgan fingerprint density at radius 2 is 1.86 bits per heavy atom. The van der Waals surface area contributed by atoms with E-state index in [2.05, 4.69) is 15.4 Å². The van der Waals surface area contributed by atoms with E-state index in [9.17, 15) is 4.79 Å².